The third-order valence-electron chi connectivity index (χ3n) is 4.50. The van der Waals surface area contributed by atoms with Crippen LogP contribution < -0.4 is 15.4 Å². The van der Waals surface area contributed by atoms with E-state index in [1.807, 2.05) is 25.1 Å². The molecule has 3 aromatic rings. The van der Waals surface area contributed by atoms with Crippen molar-refractivity contribution in [1.82, 2.24) is 0 Å². The van der Waals surface area contributed by atoms with Gasteiger partial charge in [0.05, 0.1) is 14.9 Å². The number of anilines is 2. The van der Waals surface area contributed by atoms with E-state index in [0.717, 1.165) is 18.4 Å². The molecule has 0 bridgehead atoms. The van der Waals surface area contributed by atoms with E-state index < -0.39 is 0 Å². The molecule has 5 nitrogen and oxygen atoms in total. The van der Waals surface area contributed by atoms with Gasteiger partial charge in [-0.15, -0.1) is 11.3 Å². The molecule has 1 heterocycles. The normalized spacial score (nSPS) is 13.0. The van der Waals surface area contributed by atoms with E-state index in [-0.39, 0.29) is 17.7 Å². The third-order valence-corrected chi connectivity index (χ3v) is 5.96. The fourth-order valence-corrected chi connectivity index (χ4v) is 3.93. The fraction of sp³-hybridized carbons (Fsp3) is 0.182. The molecule has 1 aliphatic carbocycles. The van der Waals surface area contributed by atoms with Crippen LogP contribution >= 0.6 is 22.9 Å². The topological polar surface area (TPSA) is 67.4 Å². The van der Waals surface area contributed by atoms with Crippen LogP contribution in [-0.4, -0.2) is 11.8 Å². The summed E-state index contributed by atoms with van der Waals surface area (Å²) in [5, 5.41) is 7.00. The summed E-state index contributed by atoms with van der Waals surface area (Å²) in [5.74, 6) is 1.14. The van der Waals surface area contributed by atoms with Crippen LogP contribution in [0.3, 0.4) is 0 Å². The molecule has 2 N–H and O–H groups in total. The largest absolute Gasteiger partial charge is 0.456 e. The molecule has 4 rings (SSSR count). The standard InChI is InChI=1S/C22H19ClN2O3S/c1-13-12-19(25-21(26)14-6-7-14)29-20(13)22(27)24-15-8-10-16(11-9-15)28-18-5-3-2-4-17(18)23/h2-5,8-12,14H,6-7H2,1H3,(H,24,27)(H,25,26). The number of para-hydroxylation sites is 1. The first-order valence-electron chi connectivity index (χ1n) is 9.24. The highest BCUT2D eigenvalue weighted by Gasteiger charge is 2.30. The summed E-state index contributed by atoms with van der Waals surface area (Å²) in [6, 6.07) is 16.1. The van der Waals surface area contributed by atoms with Gasteiger partial charge in [0, 0.05) is 11.6 Å². The van der Waals surface area contributed by atoms with Crippen molar-refractivity contribution in [3.63, 3.8) is 0 Å². The Hall–Kier alpha value is -2.83. The first-order valence-corrected chi connectivity index (χ1v) is 10.4. The van der Waals surface area contributed by atoms with Gasteiger partial charge in [-0.2, -0.15) is 0 Å². The molecule has 0 aliphatic heterocycles. The molecular weight excluding hydrogens is 408 g/mol. The van der Waals surface area contributed by atoms with Gasteiger partial charge in [-0.05, 0) is 67.8 Å². The van der Waals surface area contributed by atoms with Gasteiger partial charge in [-0.3, -0.25) is 9.59 Å². The number of benzene rings is 2. The summed E-state index contributed by atoms with van der Waals surface area (Å²) >= 11 is 7.39. The predicted molar refractivity (Wildman–Crippen MR) is 116 cm³/mol. The number of halogens is 1. The molecule has 0 spiro atoms. The lowest BCUT2D eigenvalue weighted by Gasteiger charge is -2.09. The monoisotopic (exact) mass is 426 g/mol. The van der Waals surface area contributed by atoms with E-state index in [1.165, 1.54) is 11.3 Å². The van der Waals surface area contributed by atoms with E-state index in [0.29, 0.717) is 32.1 Å². The fourth-order valence-electron chi connectivity index (χ4n) is 2.79. The first-order chi connectivity index (χ1) is 14.0. The van der Waals surface area contributed by atoms with Crippen LogP contribution in [0.15, 0.2) is 54.6 Å². The van der Waals surface area contributed by atoms with Crippen LogP contribution in [0, 0.1) is 12.8 Å². The Morgan fingerprint density at radius 1 is 1.07 bits per heavy atom. The number of ether oxygens (including phenoxy) is 1. The summed E-state index contributed by atoms with van der Waals surface area (Å²) in [4.78, 5) is 25.1. The number of nitrogens with one attached hydrogen (secondary N) is 2. The molecule has 148 valence electrons. The van der Waals surface area contributed by atoms with Crippen LogP contribution in [0.25, 0.3) is 0 Å². The Labute approximate surface area is 177 Å². The van der Waals surface area contributed by atoms with E-state index >= 15 is 0 Å². The quantitative estimate of drug-likeness (QED) is 0.500. The highest BCUT2D eigenvalue weighted by Crippen LogP contribution is 2.33. The van der Waals surface area contributed by atoms with Gasteiger partial charge in [-0.1, -0.05) is 23.7 Å². The summed E-state index contributed by atoms with van der Waals surface area (Å²) in [6.45, 7) is 1.86. The molecule has 29 heavy (non-hydrogen) atoms. The van der Waals surface area contributed by atoms with Gasteiger partial charge in [0.2, 0.25) is 5.91 Å². The Morgan fingerprint density at radius 3 is 2.48 bits per heavy atom. The zero-order valence-corrected chi connectivity index (χ0v) is 17.3. The maximum absolute atomic E-state index is 12.6. The smallest absolute Gasteiger partial charge is 0.266 e. The zero-order valence-electron chi connectivity index (χ0n) is 15.7. The number of aryl methyl sites for hydroxylation is 1. The predicted octanol–water partition coefficient (Wildman–Crippen LogP) is 6.10. The Kier molecular flexibility index (Phi) is 5.56. The molecule has 1 fully saturated rings. The minimum absolute atomic E-state index is 0.0346. The van der Waals surface area contributed by atoms with Crippen LogP contribution in [0.1, 0.15) is 28.1 Å². The SMILES string of the molecule is Cc1cc(NC(=O)C2CC2)sc1C(=O)Nc1ccc(Oc2ccccc2Cl)cc1. The van der Waals surface area contributed by atoms with Crippen molar-refractivity contribution < 1.29 is 14.3 Å². The molecule has 7 heteroatoms. The van der Waals surface area contributed by atoms with E-state index in [1.54, 1.807) is 36.4 Å². The first kappa shape index (κ1) is 19.5. The number of thiophene rings is 1. The maximum atomic E-state index is 12.6. The van der Waals surface area contributed by atoms with Crippen molar-refractivity contribution in [3.05, 3.63) is 70.1 Å². The Bertz CT molecular complexity index is 1060. The summed E-state index contributed by atoms with van der Waals surface area (Å²) < 4.78 is 5.75. The Balaban J connectivity index is 1.40. The minimum atomic E-state index is -0.209. The highest BCUT2D eigenvalue weighted by molar-refractivity contribution is 7.18. The van der Waals surface area contributed by atoms with Gasteiger partial charge in [0.15, 0.2) is 0 Å². The molecule has 0 atom stereocenters. The van der Waals surface area contributed by atoms with Gasteiger partial charge in [0.25, 0.3) is 5.91 Å². The lowest BCUT2D eigenvalue weighted by Crippen LogP contribution is -2.12. The molecule has 2 amide bonds. The summed E-state index contributed by atoms with van der Waals surface area (Å²) in [6.07, 6.45) is 1.89. The molecule has 2 aromatic carbocycles. The van der Waals surface area contributed by atoms with Crippen LogP contribution in [0.4, 0.5) is 10.7 Å². The van der Waals surface area contributed by atoms with E-state index in [4.69, 9.17) is 16.3 Å². The molecular formula is C22H19ClN2O3S. The second kappa shape index (κ2) is 8.27. The summed E-state index contributed by atoms with van der Waals surface area (Å²) in [7, 11) is 0. The van der Waals surface area contributed by atoms with Crippen LogP contribution in [0.2, 0.25) is 5.02 Å². The number of rotatable bonds is 6. The number of amides is 2. The molecule has 1 saturated carbocycles. The van der Waals surface area contributed by atoms with Crippen LogP contribution in [0.5, 0.6) is 11.5 Å². The minimum Gasteiger partial charge on any atom is -0.456 e. The lowest BCUT2D eigenvalue weighted by molar-refractivity contribution is -0.117. The number of hydrogen-bond acceptors (Lipinski definition) is 4. The van der Waals surface area contributed by atoms with Crippen molar-refractivity contribution >= 4 is 45.4 Å². The molecule has 0 saturated heterocycles. The van der Waals surface area contributed by atoms with Crippen LogP contribution in [-0.2, 0) is 4.79 Å². The average Bonchev–Trinajstić information content (AvgIpc) is 3.49. The second-order valence-electron chi connectivity index (χ2n) is 6.90. The van der Waals surface area contributed by atoms with Crippen molar-refractivity contribution in [3.8, 4) is 11.5 Å². The van der Waals surface area contributed by atoms with Crippen molar-refractivity contribution in [1.29, 1.82) is 0 Å². The number of carbonyl (C=O) groups excluding carboxylic acids is 2. The second-order valence-corrected chi connectivity index (χ2v) is 8.36. The van der Waals surface area contributed by atoms with E-state index in [9.17, 15) is 9.59 Å². The van der Waals surface area contributed by atoms with Gasteiger partial charge < -0.3 is 15.4 Å². The van der Waals surface area contributed by atoms with Crippen molar-refractivity contribution in [2.45, 2.75) is 19.8 Å². The van der Waals surface area contributed by atoms with Gasteiger partial charge >= 0.3 is 0 Å². The Morgan fingerprint density at radius 2 is 1.79 bits per heavy atom. The highest BCUT2D eigenvalue weighted by atomic mass is 35.5. The molecule has 1 aromatic heterocycles. The third kappa shape index (κ3) is 4.78. The summed E-state index contributed by atoms with van der Waals surface area (Å²) in [5.41, 5.74) is 1.48. The molecule has 0 unspecified atom stereocenters. The lowest BCUT2D eigenvalue weighted by atomic mass is 10.2. The molecule has 1 aliphatic rings. The van der Waals surface area contributed by atoms with Crippen molar-refractivity contribution in [2.24, 2.45) is 5.92 Å². The van der Waals surface area contributed by atoms with E-state index in [2.05, 4.69) is 10.6 Å². The van der Waals surface area contributed by atoms with Gasteiger partial charge in [-0.25, -0.2) is 0 Å². The number of hydrogen-bond donors (Lipinski definition) is 2. The van der Waals surface area contributed by atoms with Gasteiger partial charge in [0.1, 0.15) is 11.5 Å². The average molecular weight is 427 g/mol. The maximum Gasteiger partial charge on any atom is 0.266 e. The molecule has 0 radical (unpaired) electrons. The zero-order chi connectivity index (χ0) is 20.4. The number of carbonyl (C=O) groups is 2. The van der Waals surface area contributed by atoms with Crippen molar-refractivity contribution in [2.75, 3.05) is 10.6 Å².